The van der Waals surface area contributed by atoms with E-state index in [1.807, 2.05) is 13.8 Å². The Morgan fingerprint density at radius 3 is 2.53 bits per heavy atom. The average molecular weight is 266 g/mol. The van der Waals surface area contributed by atoms with Crippen LogP contribution in [-0.4, -0.2) is 31.2 Å². The zero-order valence-electron chi connectivity index (χ0n) is 12.6. The number of ether oxygens (including phenoxy) is 3. The molecule has 0 amide bonds. The minimum absolute atomic E-state index is 0.113. The van der Waals surface area contributed by atoms with Crippen molar-refractivity contribution >= 4 is 0 Å². The van der Waals surface area contributed by atoms with Gasteiger partial charge in [0, 0.05) is 5.41 Å². The normalized spacial score (nSPS) is 42.3. The van der Waals surface area contributed by atoms with Crippen LogP contribution in [0.1, 0.15) is 53.4 Å². The third kappa shape index (κ3) is 2.61. The Hall–Kier alpha value is -0.380. The maximum absolute atomic E-state index is 6.08. The molecule has 0 aromatic carbocycles. The van der Waals surface area contributed by atoms with Gasteiger partial charge in [-0.3, -0.25) is 0 Å². The van der Waals surface area contributed by atoms with Crippen LogP contribution >= 0.6 is 0 Å². The predicted molar refractivity (Wildman–Crippen MR) is 73.9 cm³/mol. The van der Waals surface area contributed by atoms with E-state index >= 15 is 0 Å². The summed E-state index contributed by atoms with van der Waals surface area (Å²) in [6.07, 6.45) is 5.15. The standard InChI is InChI=1S/C16H26O3/c1-11-5-6-16(7-12(11)2)8-13(17-10-16)14-9-18-15(3,4)19-14/h13-14H,5-10H2,1-4H3/t13-,14+,16-/m0/s1. The molecule has 2 heterocycles. The molecule has 0 saturated carbocycles. The number of hydrogen-bond acceptors (Lipinski definition) is 3. The summed E-state index contributed by atoms with van der Waals surface area (Å²) in [4.78, 5) is 0. The van der Waals surface area contributed by atoms with Gasteiger partial charge in [0.15, 0.2) is 5.79 Å². The summed E-state index contributed by atoms with van der Waals surface area (Å²) in [7, 11) is 0. The van der Waals surface area contributed by atoms with E-state index < -0.39 is 5.79 Å². The maximum Gasteiger partial charge on any atom is 0.163 e. The third-order valence-electron chi connectivity index (χ3n) is 5.08. The number of allylic oxidation sites excluding steroid dienone is 2. The molecule has 0 aromatic heterocycles. The second kappa shape index (κ2) is 4.57. The van der Waals surface area contributed by atoms with Crippen LogP contribution < -0.4 is 0 Å². The van der Waals surface area contributed by atoms with E-state index in [-0.39, 0.29) is 12.2 Å². The molecular weight excluding hydrogens is 240 g/mol. The van der Waals surface area contributed by atoms with Crippen LogP contribution in [0.25, 0.3) is 0 Å². The zero-order valence-corrected chi connectivity index (χ0v) is 12.6. The maximum atomic E-state index is 6.08. The van der Waals surface area contributed by atoms with Crippen LogP contribution in [0.3, 0.4) is 0 Å². The van der Waals surface area contributed by atoms with Crippen molar-refractivity contribution < 1.29 is 14.2 Å². The summed E-state index contributed by atoms with van der Waals surface area (Å²) in [6, 6.07) is 0. The molecule has 0 bridgehead atoms. The predicted octanol–water partition coefficient (Wildman–Crippen LogP) is 3.43. The highest BCUT2D eigenvalue weighted by Crippen LogP contribution is 2.48. The molecule has 108 valence electrons. The lowest BCUT2D eigenvalue weighted by atomic mass is 9.70. The molecule has 0 radical (unpaired) electrons. The van der Waals surface area contributed by atoms with Gasteiger partial charge in [-0.1, -0.05) is 11.1 Å². The van der Waals surface area contributed by atoms with E-state index in [9.17, 15) is 0 Å². The molecule has 19 heavy (non-hydrogen) atoms. The fourth-order valence-corrected chi connectivity index (χ4v) is 3.73. The van der Waals surface area contributed by atoms with Gasteiger partial charge in [-0.2, -0.15) is 0 Å². The summed E-state index contributed by atoms with van der Waals surface area (Å²) in [5.41, 5.74) is 3.51. The highest BCUT2D eigenvalue weighted by atomic mass is 16.7. The highest BCUT2D eigenvalue weighted by Gasteiger charge is 2.47. The lowest BCUT2D eigenvalue weighted by Gasteiger charge is -2.33. The first-order valence-electron chi connectivity index (χ1n) is 7.48. The Bertz CT molecular complexity index is 399. The smallest absolute Gasteiger partial charge is 0.163 e. The number of hydrogen-bond donors (Lipinski definition) is 0. The molecular formula is C16H26O3. The van der Waals surface area contributed by atoms with Crippen LogP contribution in [0.2, 0.25) is 0 Å². The van der Waals surface area contributed by atoms with Crippen molar-refractivity contribution in [2.75, 3.05) is 13.2 Å². The first-order chi connectivity index (χ1) is 8.89. The lowest BCUT2D eigenvalue weighted by molar-refractivity contribution is -0.151. The van der Waals surface area contributed by atoms with Crippen molar-refractivity contribution in [1.29, 1.82) is 0 Å². The van der Waals surface area contributed by atoms with Crippen LogP contribution in [0, 0.1) is 5.41 Å². The van der Waals surface area contributed by atoms with Gasteiger partial charge in [-0.15, -0.1) is 0 Å². The average Bonchev–Trinajstić information content (AvgIpc) is 2.89. The Labute approximate surface area is 116 Å². The minimum Gasteiger partial charge on any atom is -0.375 e. The molecule has 3 nitrogen and oxygen atoms in total. The first-order valence-corrected chi connectivity index (χ1v) is 7.48. The van der Waals surface area contributed by atoms with Gasteiger partial charge in [0.25, 0.3) is 0 Å². The van der Waals surface area contributed by atoms with Gasteiger partial charge in [0.1, 0.15) is 6.10 Å². The summed E-state index contributed by atoms with van der Waals surface area (Å²) < 4.78 is 17.7. The molecule has 2 fully saturated rings. The molecule has 3 aliphatic rings. The van der Waals surface area contributed by atoms with E-state index in [1.54, 1.807) is 11.1 Å². The Morgan fingerprint density at radius 2 is 1.89 bits per heavy atom. The Morgan fingerprint density at radius 1 is 1.11 bits per heavy atom. The van der Waals surface area contributed by atoms with Crippen LogP contribution in [-0.2, 0) is 14.2 Å². The monoisotopic (exact) mass is 266 g/mol. The lowest BCUT2D eigenvalue weighted by Crippen LogP contribution is -2.31. The van der Waals surface area contributed by atoms with Crippen molar-refractivity contribution in [2.24, 2.45) is 5.41 Å². The fourth-order valence-electron chi connectivity index (χ4n) is 3.73. The molecule has 1 spiro atoms. The summed E-state index contributed by atoms with van der Waals surface area (Å²) in [5.74, 6) is -0.442. The molecule has 0 N–H and O–H groups in total. The molecule has 2 saturated heterocycles. The Balaban J connectivity index is 1.65. The molecule has 3 heteroatoms. The largest absolute Gasteiger partial charge is 0.375 e. The van der Waals surface area contributed by atoms with E-state index in [1.165, 1.54) is 19.3 Å². The SMILES string of the molecule is CC1=C(C)C[C@]2(CC1)CO[C@H]([C@H]1COC(C)(C)O1)C2. The van der Waals surface area contributed by atoms with Gasteiger partial charge in [-0.25, -0.2) is 0 Å². The van der Waals surface area contributed by atoms with Gasteiger partial charge in [0.05, 0.1) is 19.3 Å². The fraction of sp³-hybridized carbons (Fsp3) is 0.875. The Kier molecular flexibility index (Phi) is 3.27. The quantitative estimate of drug-likeness (QED) is 0.680. The van der Waals surface area contributed by atoms with Gasteiger partial charge < -0.3 is 14.2 Å². The molecule has 0 unspecified atom stereocenters. The molecule has 3 atom stereocenters. The van der Waals surface area contributed by atoms with Crippen molar-refractivity contribution in [3.05, 3.63) is 11.1 Å². The van der Waals surface area contributed by atoms with Crippen LogP contribution in [0.4, 0.5) is 0 Å². The zero-order chi connectivity index (χ0) is 13.7. The van der Waals surface area contributed by atoms with Crippen molar-refractivity contribution in [3.8, 4) is 0 Å². The summed E-state index contributed by atoms with van der Waals surface area (Å²) in [6.45, 7) is 10.1. The van der Waals surface area contributed by atoms with Gasteiger partial charge in [0.2, 0.25) is 0 Å². The topological polar surface area (TPSA) is 27.7 Å². The van der Waals surface area contributed by atoms with Crippen molar-refractivity contribution in [3.63, 3.8) is 0 Å². The summed E-state index contributed by atoms with van der Waals surface area (Å²) >= 11 is 0. The second-order valence-corrected chi connectivity index (χ2v) is 7.16. The van der Waals surface area contributed by atoms with Crippen molar-refractivity contribution in [2.45, 2.75) is 71.4 Å². The molecule has 1 aliphatic carbocycles. The first kappa shape index (κ1) is 13.6. The molecule has 3 rings (SSSR count). The van der Waals surface area contributed by atoms with E-state index in [0.717, 1.165) is 13.0 Å². The highest BCUT2D eigenvalue weighted by molar-refractivity contribution is 5.17. The van der Waals surface area contributed by atoms with E-state index in [4.69, 9.17) is 14.2 Å². The van der Waals surface area contributed by atoms with Crippen molar-refractivity contribution in [1.82, 2.24) is 0 Å². The van der Waals surface area contributed by atoms with Gasteiger partial charge >= 0.3 is 0 Å². The minimum atomic E-state index is -0.442. The van der Waals surface area contributed by atoms with Crippen LogP contribution in [0.5, 0.6) is 0 Å². The van der Waals surface area contributed by atoms with E-state index in [2.05, 4.69) is 13.8 Å². The molecule has 0 aromatic rings. The van der Waals surface area contributed by atoms with Gasteiger partial charge in [-0.05, 0) is 53.4 Å². The van der Waals surface area contributed by atoms with Crippen LogP contribution in [0.15, 0.2) is 11.1 Å². The second-order valence-electron chi connectivity index (χ2n) is 7.16. The number of rotatable bonds is 1. The molecule has 2 aliphatic heterocycles. The third-order valence-corrected chi connectivity index (χ3v) is 5.08. The van der Waals surface area contributed by atoms with E-state index in [0.29, 0.717) is 12.0 Å². The summed E-state index contributed by atoms with van der Waals surface area (Å²) in [5, 5.41) is 0.